The molecule has 15 heavy (non-hydrogen) atoms. The van der Waals surface area contributed by atoms with Crippen LogP contribution in [0.2, 0.25) is 18.1 Å². The summed E-state index contributed by atoms with van der Waals surface area (Å²) in [5, 5.41) is 9.85. The number of hydrogen-bond acceptors (Lipinski definition) is 2. The van der Waals surface area contributed by atoms with Crippen molar-refractivity contribution in [2.45, 2.75) is 51.4 Å². The number of halogens is 1. The first-order valence-electron chi connectivity index (χ1n) is 5.21. The van der Waals surface area contributed by atoms with Gasteiger partial charge >= 0.3 is 0 Å². The summed E-state index contributed by atoms with van der Waals surface area (Å²) in [7, 11) is -1.72. The second-order valence-electron chi connectivity index (χ2n) is 5.45. The molecule has 0 fully saturated rings. The van der Waals surface area contributed by atoms with Gasteiger partial charge in [-0.05, 0) is 22.6 Å². The van der Waals surface area contributed by atoms with Crippen LogP contribution in [0, 0.1) is 0 Å². The van der Waals surface area contributed by atoms with Crippen LogP contribution in [-0.4, -0.2) is 26.1 Å². The molecule has 0 aliphatic carbocycles. The van der Waals surface area contributed by atoms with Crippen molar-refractivity contribution in [1.29, 1.82) is 0 Å². The number of hydrogen-bond donors (Lipinski definition) is 1. The Labute approximate surface area is 103 Å². The molecule has 0 amide bonds. The van der Waals surface area contributed by atoms with Crippen LogP contribution in [0.1, 0.15) is 27.2 Å². The van der Waals surface area contributed by atoms with Gasteiger partial charge in [-0.3, -0.25) is 0 Å². The summed E-state index contributed by atoms with van der Waals surface area (Å²) in [5.41, 5.74) is 0. The van der Waals surface area contributed by atoms with Crippen LogP contribution in [-0.2, 0) is 4.43 Å². The number of rotatable bonds is 5. The summed E-state index contributed by atoms with van der Waals surface area (Å²) >= 11 is 3.24. The van der Waals surface area contributed by atoms with Crippen molar-refractivity contribution in [2.75, 3.05) is 6.61 Å². The van der Waals surface area contributed by atoms with Gasteiger partial charge in [0.15, 0.2) is 8.32 Å². The lowest BCUT2D eigenvalue weighted by Gasteiger charge is -2.36. The van der Waals surface area contributed by atoms with Gasteiger partial charge in [0, 0.05) is 6.42 Å². The predicted molar refractivity (Wildman–Crippen MR) is 71.8 cm³/mol. The standard InChI is InChI=1S/C11H23BrO2Si/c1-9(12)7-10(13)8-14-15(5,6)11(2,3)4/h10,13H,1,7-8H2,2-6H3/t10-/m1/s1. The second-order valence-corrected chi connectivity index (χ2v) is 11.4. The lowest BCUT2D eigenvalue weighted by atomic mass is 10.2. The van der Waals surface area contributed by atoms with Crippen molar-refractivity contribution in [1.82, 2.24) is 0 Å². The van der Waals surface area contributed by atoms with E-state index < -0.39 is 14.4 Å². The van der Waals surface area contributed by atoms with Crippen LogP contribution < -0.4 is 0 Å². The van der Waals surface area contributed by atoms with Gasteiger partial charge in [-0.25, -0.2) is 0 Å². The molecule has 0 saturated carbocycles. The molecule has 0 heterocycles. The quantitative estimate of drug-likeness (QED) is 0.784. The van der Waals surface area contributed by atoms with Crippen molar-refractivity contribution in [3.8, 4) is 0 Å². The average Bonchev–Trinajstić information content (AvgIpc) is 1.97. The Morgan fingerprint density at radius 3 is 2.27 bits per heavy atom. The van der Waals surface area contributed by atoms with Gasteiger partial charge < -0.3 is 9.53 Å². The molecule has 4 heteroatoms. The largest absolute Gasteiger partial charge is 0.414 e. The van der Waals surface area contributed by atoms with Crippen molar-refractivity contribution >= 4 is 24.2 Å². The van der Waals surface area contributed by atoms with E-state index in [9.17, 15) is 5.11 Å². The van der Waals surface area contributed by atoms with Gasteiger partial charge in [0.1, 0.15) is 0 Å². The Bertz CT molecular complexity index is 221. The molecule has 0 aliphatic heterocycles. The highest BCUT2D eigenvalue weighted by Crippen LogP contribution is 2.36. The summed E-state index contributed by atoms with van der Waals surface area (Å²) in [6, 6.07) is 0. The zero-order valence-electron chi connectivity index (χ0n) is 10.4. The monoisotopic (exact) mass is 294 g/mol. The van der Waals surface area contributed by atoms with Gasteiger partial charge in [0.25, 0.3) is 0 Å². The van der Waals surface area contributed by atoms with E-state index in [-0.39, 0.29) is 5.04 Å². The minimum atomic E-state index is -1.72. The fraction of sp³-hybridized carbons (Fsp3) is 0.818. The summed E-state index contributed by atoms with van der Waals surface area (Å²) in [4.78, 5) is 0. The van der Waals surface area contributed by atoms with Crippen LogP contribution >= 0.6 is 15.9 Å². The third-order valence-corrected chi connectivity index (χ3v) is 7.72. The number of aliphatic hydroxyl groups is 1. The molecule has 0 saturated heterocycles. The smallest absolute Gasteiger partial charge is 0.192 e. The Balaban J connectivity index is 4.10. The summed E-state index contributed by atoms with van der Waals surface area (Å²) < 4.78 is 6.70. The fourth-order valence-electron chi connectivity index (χ4n) is 0.836. The van der Waals surface area contributed by atoms with E-state index >= 15 is 0 Å². The molecule has 0 aromatic rings. The molecule has 2 nitrogen and oxygen atoms in total. The van der Waals surface area contributed by atoms with Crippen LogP contribution in [0.15, 0.2) is 11.1 Å². The first kappa shape index (κ1) is 15.4. The molecule has 0 spiro atoms. The molecule has 0 aliphatic rings. The molecular formula is C11H23BrO2Si. The van der Waals surface area contributed by atoms with Crippen molar-refractivity contribution in [3.63, 3.8) is 0 Å². The zero-order chi connectivity index (χ0) is 12.3. The Morgan fingerprint density at radius 1 is 1.47 bits per heavy atom. The van der Waals surface area contributed by atoms with E-state index in [1.165, 1.54) is 0 Å². The van der Waals surface area contributed by atoms with Crippen molar-refractivity contribution in [2.24, 2.45) is 0 Å². The van der Waals surface area contributed by atoms with E-state index in [0.29, 0.717) is 13.0 Å². The van der Waals surface area contributed by atoms with Gasteiger partial charge in [0.05, 0.1) is 12.7 Å². The van der Waals surface area contributed by atoms with E-state index in [4.69, 9.17) is 4.43 Å². The van der Waals surface area contributed by atoms with Gasteiger partial charge in [-0.1, -0.05) is 43.3 Å². The molecule has 0 aromatic heterocycles. The molecule has 1 atom stereocenters. The maximum Gasteiger partial charge on any atom is 0.192 e. The summed E-state index contributed by atoms with van der Waals surface area (Å²) in [5.74, 6) is 0. The lowest BCUT2D eigenvalue weighted by Crippen LogP contribution is -2.42. The van der Waals surface area contributed by atoms with Crippen LogP contribution in [0.3, 0.4) is 0 Å². The first-order chi connectivity index (χ1) is 6.56. The molecule has 0 aromatic carbocycles. The maximum absolute atomic E-state index is 9.66. The Morgan fingerprint density at radius 2 is 1.93 bits per heavy atom. The minimum absolute atomic E-state index is 0.193. The third kappa shape index (κ3) is 5.85. The normalized spacial score (nSPS) is 15.1. The number of aliphatic hydroxyl groups excluding tert-OH is 1. The van der Waals surface area contributed by atoms with Crippen LogP contribution in [0.4, 0.5) is 0 Å². The second kappa shape index (κ2) is 5.62. The predicted octanol–water partition coefficient (Wildman–Crippen LogP) is 3.67. The van der Waals surface area contributed by atoms with E-state index in [1.54, 1.807) is 0 Å². The molecule has 0 radical (unpaired) electrons. The summed E-state index contributed by atoms with van der Waals surface area (Å²) in [6.07, 6.45) is 0.0974. The van der Waals surface area contributed by atoms with Crippen molar-refractivity contribution in [3.05, 3.63) is 11.1 Å². The summed E-state index contributed by atoms with van der Waals surface area (Å²) in [6.45, 7) is 15.0. The zero-order valence-corrected chi connectivity index (χ0v) is 13.0. The maximum atomic E-state index is 9.66. The van der Waals surface area contributed by atoms with Gasteiger partial charge in [-0.15, -0.1) is 0 Å². The molecule has 0 unspecified atom stereocenters. The Kier molecular flexibility index (Phi) is 5.75. The van der Waals surface area contributed by atoms with Gasteiger partial charge in [0.2, 0.25) is 0 Å². The lowest BCUT2D eigenvalue weighted by molar-refractivity contribution is 0.102. The van der Waals surface area contributed by atoms with Crippen LogP contribution in [0.5, 0.6) is 0 Å². The fourth-order valence-corrected chi connectivity index (χ4v) is 2.25. The van der Waals surface area contributed by atoms with E-state index in [0.717, 1.165) is 4.48 Å². The van der Waals surface area contributed by atoms with Gasteiger partial charge in [-0.2, -0.15) is 0 Å². The van der Waals surface area contributed by atoms with E-state index in [1.807, 2.05) is 0 Å². The molecule has 1 N–H and O–H groups in total. The molecule has 90 valence electrons. The minimum Gasteiger partial charge on any atom is -0.414 e. The SMILES string of the molecule is C=C(Br)C[C@@H](O)CO[Si](C)(C)C(C)(C)C. The molecule has 0 rings (SSSR count). The highest BCUT2D eigenvalue weighted by Gasteiger charge is 2.37. The van der Waals surface area contributed by atoms with E-state index in [2.05, 4.69) is 56.4 Å². The van der Waals surface area contributed by atoms with Crippen molar-refractivity contribution < 1.29 is 9.53 Å². The average molecular weight is 295 g/mol. The third-order valence-electron chi connectivity index (χ3n) is 2.90. The Hall–Kier alpha value is 0.357. The van der Waals surface area contributed by atoms with Crippen LogP contribution in [0.25, 0.3) is 0 Å². The molecular weight excluding hydrogens is 272 g/mol. The topological polar surface area (TPSA) is 29.5 Å². The first-order valence-corrected chi connectivity index (χ1v) is 8.91. The molecule has 0 bridgehead atoms. The highest BCUT2D eigenvalue weighted by molar-refractivity contribution is 9.11. The highest BCUT2D eigenvalue weighted by atomic mass is 79.9.